The van der Waals surface area contributed by atoms with Crippen LogP contribution >= 0.6 is 0 Å². The van der Waals surface area contributed by atoms with E-state index >= 15 is 0 Å². The van der Waals surface area contributed by atoms with Gasteiger partial charge in [-0.25, -0.2) is 14.6 Å². The predicted octanol–water partition coefficient (Wildman–Crippen LogP) is 7.43. The molecule has 1 aromatic heterocycles. The first-order chi connectivity index (χ1) is 19.7. The van der Waals surface area contributed by atoms with Gasteiger partial charge >= 0.3 is 12.1 Å². The summed E-state index contributed by atoms with van der Waals surface area (Å²) in [4.78, 5) is 31.1. The lowest BCUT2D eigenvalue weighted by Gasteiger charge is -2.36. The van der Waals surface area contributed by atoms with Crippen LogP contribution in [0.4, 0.5) is 4.79 Å². The summed E-state index contributed by atoms with van der Waals surface area (Å²) in [5.74, 6) is -0.205. The molecule has 0 aliphatic heterocycles. The Kier molecular flexibility index (Phi) is 10.4. The molecule has 3 aromatic rings. The number of nitrogens with zero attached hydrogens (tertiary/aromatic N) is 2. The first-order valence-corrected chi connectivity index (χ1v) is 14.7. The van der Waals surface area contributed by atoms with Crippen molar-refractivity contribution < 1.29 is 24.2 Å². The van der Waals surface area contributed by atoms with E-state index in [9.17, 15) is 14.7 Å². The number of hydrogen-bond donors (Lipinski definition) is 1. The Balaban J connectivity index is 1.41. The van der Waals surface area contributed by atoms with E-state index in [4.69, 9.17) is 9.47 Å². The van der Waals surface area contributed by atoms with Crippen molar-refractivity contribution in [1.82, 2.24) is 9.88 Å². The van der Waals surface area contributed by atoms with Gasteiger partial charge in [-0.3, -0.25) is 0 Å². The zero-order chi connectivity index (χ0) is 29.2. The minimum Gasteiger partial charge on any atom is -0.493 e. The van der Waals surface area contributed by atoms with Crippen molar-refractivity contribution in [2.24, 2.45) is 0 Å². The van der Waals surface area contributed by atoms with Gasteiger partial charge in [0.1, 0.15) is 17.0 Å². The van der Waals surface area contributed by atoms with Gasteiger partial charge in [-0.1, -0.05) is 54.6 Å². The molecule has 218 valence electrons. The predicted molar refractivity (Wildman–Crippen MR) is 159 cm³/mol. The lowest BCUT2D eigenvalue weighted by atomic mass is 9.89. The molecule has 41 heavy (non-hydrogen) atoms. The van der Waals surface area contributed by atoms with Gasteiger partial charge in [0.25, 0.3) is 0 Å². The smallest absolute Gasteiger partial charge is 0.410 e. The van der Waals surface area contributed by atoms with Gasteiger partial charge in [-0.2, -0.15) is 0 Å². The van der Waals surface area contributed by atoms with Crippen LogP contribution in [0.1, 0.15) is 91.8 Å². The SMILES string of the molecule is CC(C)(C)OC(=O)N(CCc1ccccc1OCCCCCc1ccccc1)C1CCCc2nc(C(=O)O)ccc21. The van der Waals surface area contributed by atoms with Crippen molar-refractivity contribution in [2.75, 3.05) is 13.2 Å². The number of carboxylic acids is 1. The fourth-order valence-electron chi connectivity index (χ4n) is 5.30. The van der Waals surface area contributed by atoms with Gasteiger partial charge in [0, 0.05) is 12.2 Å². The minimum absolute atomic E-state index is 0.0272. The van der Waals surface area contributed by atoms with Crippen LogP contribution in [-0.2, 0) is 24.0 Å². The molecule has 1 heterocycles. The highest BCUT2D eigenvalue weighted by Crippen LogP contribution is 2.35. The largest absolute Gasteiger partial charge is 0.493 e. The molecule has 1 unspecified atom stereocenters. The van der Waals surface area contributed by atoms with Gasteiger partial charge < -0.3 is 19.5 Å². The van der Waals surface area contributed by atoms with Crippen molar-refractivity contribution in [2.45, 2.75) is 83.8 Å². The number of unbranched alkanes of at least 4 members (excludes halogenated alkanes) is 2. The summed E-state index contributed by atoms with van der Waals surface area (Å²) in [7, 11) is 0. The van der Waals surface area contributed by atoms with Crippen molar-refractivity contribution in [3.8, 4) is 5.75 Å². The van der Waals surface area contributed by atoms with E-state index in [1.54, 1.807) is 4.90 Å². The first kappa shape index (κ1) is 30.1. The summed E-state index contributed by atoms with van der Waals surface area (Å²) in [6.45, 7) is 6.68. The topological polar surface area (TPSA) is 89.0 Å². The number of hydrogen-bond acceptors (Lipinski definition) is 5. The second-order valence-corrected chi connectivity index (χ2v) is 11.6. The van der Waals surface area contributed by atoms with Crippen LogP contribution in [0.2, 0.25) is 0 Å². The number of ether oxygens (including phenoxy) is 2. The van der Waals surface area contributed by atoms with Gasteiger partial charge in [0.15, 0.2) is 0 Å². The third kappa shape index (κ3) is 8.81. The number of fused-ring (bicyclic) bond motifs is 1. The quantitative estimate of drug-likeness (QED) is 0.233. The molecule has 4 rings (SSSR count). The molecule has 0 saturated carbocycles. The maximum Gasteiger partial charge on any atom is 0.410 e. The minimum atomic E-state index is -1.05. The van der Waals surface area contributed by atoms with Crippen LogP contribution in [0.5, 0.6) is 5.75 Å². The molecule has 0 radical (unpaired) electrons. The van der Waals surface area contributed by atoms with Gasteiger partial charge in [-0.05, 0) is 101 Å². The highest BCUT2D eigenvalue weighted by Gasteiger charge is 2.33. The zero-order valence-electron chi connectivity index (χ0n) is 24.5. The van der Waals surface area contributed by atoms with E-state index in [1.165, 1.54) is 11.6 Å². The number of amides is 1. The fraction of sp³-hybridized carbons (Fsp3) is 0.441. The lowest BCUT2D eigenvalue weighted by Crippen LogP contribution is -2.41. The maximum absolute atomic E-state index is 13.5. The summed E-state index contributed by atoms with van der Waals surface area (Å²) >= 11 is 0. The summed E-state index contributed by atoms with van der Waals surface area (Å²) in [5, 5.41) is 9.41. The summed E-state index contributed by atoms with van der Waals surface area (Å²) < 4.78 is 12.0. The monoisotopic (exact) mass is 558 g/mol. The third-order valence-corrected chi connectivity index (χ3v) is 7.29. The second kappa shape index (κ2) is 14.2. The number of carbonyl (C=O) groups is 2. The van der Waals surface area contributed by atoms with E-state index in [-0.39, 0.29) is 17.8 Å². The molecule has 7 nitrogen and oxygen atoms in total. The molecule has 0 fully saturated rings. The Labute approximate surface area is 243 Å². The number of aryl methyl sites for hydroxylation is 2. The standard InChI is InChI=1S/C34H42N2O5/c1-34(2,3)41-33(39)36(30-18-12-17-28-27(30)20-21-29(35-28)32(37)38)23-22-26-16-9-10-19-31(26)40-24-11-5-8-15-25-13-6-4-7-14-25/h4,6-7,9-10,13-14,16,19-21,30H,5,8,11-12,15,17-18,22-24H2,1-3H3,(H,37,38). The first-order valence-electron chi connectivity index (χ1n) is 14.7. The van der Waals surface area contributed by atoms with Gasteiger partial charge in [-0.15, -0.1) is 0 Å². The van der Waals surface area contributed by atoms with E-state index in [2.05, 4.69) is 29.2 Å². The lowest BCUT2D eigenvalue weighted by molar-refractivity contribution is 0.0140. The molecule has 1 N–H and O–H groups in total. The van der Waals surface area contributed by atoms with Crippen molar-refractivity contribution in [1.29, 1.82) is 0 Å². The average molecular weight is 559 g/mol. The summed E-state index contributed by atoms with van der Waals surface area (Å²) in [5.41, 5.74) is 3.43. The third-order valence-electron chi connectivity index (χ3n) is 7.29. The molecule has 1 atom stereocenters. The Morgan fingerprint density at radius 3 is 2.46 bits per heavy atom. The van der Waals surface area contributed by atoms with Crippen LogP contribution in [0.3, 0.4) is 0 Å². The number of rotatable bonds is 12. The molecule has 0 saturated heterocycles. The molecule has 0 spiro atoms. The summed E-state index contributed by atoms with van der Waals surface area (Å²) in [6.07, 6.45) is 6.79. The Morgan fingerprint density at radius 1 is 0.951 bits per heavy atom. The molecule has 1 aliphatic rings. The van der Waals surface area contributed by atoms with Crippen molar-refractivity contribution in [3.05, 3.63) is 94.8 Å². The van der Waals surface area contributed by atoms with E-state index in [0.29, 0.717) is 26.0 Å². The molecule has 2 aromatic carbocycles. The number of aromatic nitrogens is 1. The number of carboxylic acid groups (broad SMARTS) is 1. The number of para-hydroxylation sites is 1. The van der Waals surface area contributed by atoms with Crippen molar-refractivity contribution >= 4 is 12.1 Å². The van der Waals surface area contributed by atoms with Crippen LogP contribution in [0.15, 0.2) is 66.7 Å². The van der Waals surface area contributed by atoms with Gasteiger partial charge in [0.2, 0.25) is 0 Å². The Hall–Kier alpha value is -3.87. The molecule has 1 aliphatic carbocycles. The van der Waals surface area contributed by atoms with E-state index < -0.39 is 11.6 Å². The highest BCUT2D eigenvalue weighted by molar-refractivity contribution is 5.85. The van der Waals surface area contributed by atoms with Crippen molar-refractivity contribution in [3.63, 3.8) is 0 Å². The van der Waals surface area contributed by atoms with Crippen LogP contribution < -0.4 is 4.74 Å². The Morgan fingerprint density at radius 2 is 1.71 bits per heavy atom. The average Bonchev–Trinajstić information content (AvgIpc) is 2.95. The normalized spacial score (nSPS) is 14.7. The zero-order valence-corrected chi connectivity index (χ0v) is 24.5. The van der Waals surface area contributed by atoms with Crippen LogP contribution in [0, 0.1) is 0 Å². The molecule has 0 bridgehead atoms. The number of carbonyl (C=O) groups excluding carboxylic acids is 1. The molecule has 7 heteroatoms. The number of benzene rings is 2. The van der Waals surface area contributed by atoms with Crippen LogP contribution in [-0.4, -0.2) is 45.8 Å². The Bertz CT molecular complexity index is 1300. The molecular formula is C34H42N2O5. The number of pyridine rings is 1. The van der Waals surface area contributed by atoms with E-state index in [1.807, 2.05) is 57.2 Å². The molecule has 1 amide bonds. The maximum atomic E-state index is 13.5. The molecular weight excluding hydrogens is 516 g/mol. The van der Waals surface area contributed by atoms with E-state index in [0.717, 1.165) is 61.1 Å². The van der Waals surface area contributed by atoms with Crippen LogP contribution in [0.25, 0.3) is 0 Å². The highest BCUT2D eigenvalue weighted by atomic mass is 16.6. The summed E-state index contributed by atoms with van der Waals surface area (Å²) in [6, 6.07) is 21.7. The van der Waals surface area contributed by atoms with Gasteiger partial charge in [0.05, 0.1) is 12.6 Å². The second-order valence-electron chi connectivity index (χ2n) is 11.6. The number of aromatic carboxylic acids is 1. The fourth-order valence-corrected chi connectivity index (χ4v) is 5.30.